The van der Waals surface area contributed by atoms with Crippen molar-refractivity contribution in [1.29, 1.82) is 0 Å². The predicted molar refractivity (Wildman–Crippen MR) is 116 cm³/mol. The zero-order chi connectivity index (χ0) is 22.8. The fraction of sp³-hybridized carbons (Fsp3) is 0.300. The standard InChI is InChI=1S/C20H24N4O6S/c1-23(2)31(27,28)14-6-8-17(29-3)15(12-14)22-19(25)13-5-7-18(30-4)16(11-13)24-10-9-21-20(24)26/h5-8,11-12H,9-10H2,1-4H3,(H,21,26)(H,22,25). The number of carbonyl (C=O) groups excluding carboxylic acids is 2. The number of nitrogens with one attached hydrogen (secondary N) is 2. The van der Waals surface area contributed by atoms with Gasteiger partial charge in [0.25, 0.3) is 5.91 Å². The van der Waals surface area contributed by atoms with Crippen LogP contribution in [0, 0.1) is 0 Å². The average molecular weight is 449 g/mol. The fourth-order valence-electron chi connectivity index (χ4n) is 3.09. The summed E-state index contributed by atoms with van der Waals surface area (Å²) in [7, 11) is 2.04. The maximum atomic E-state index is 12.9. The van der Waals surface area contributed by atoms with Gasteiger partial charge in [-0.05, 0) is 36.4 Å². The molecule has 0 atom stereocenters. The van der Waals surface area contributed by atoms with E-state index in [-0.39, 0.29) is 22.2 Å². The van der Waals surface area contributed by atoms with Crippen LogP contribution in [0.5, 0.6) is 11.5 Å². The first-order chi connectivity index (χ1) is 14.7. The van der Waals surface area contributed by atoms with Crippen LogP contribution in [0.1, 0.15) is 10.4 Å². The maximum absolute atomic E-state index is 12.9. The van der Waals surface area contributed by atoms with Crippen molar-refractivity contribution in [3.63, 3.8) is 0 Å². The van der Waals surface area contributed by atoms with Gasteiger partial charge in [0.2, 0.25) is 10.0 Å². The second-order valence-electron chi connectivity index (χ2n) is 6.87. The first kappa shape index (κ1) is 22.4. The highest BCUT2D eigenvalue weighted by molar-refractivity contribution is 7.89. The van der Waals surface area contributed by atoms with E-state index < -0.39 is 15.9 Å². The zero-order valence-electron chi connectivity index (χ0n) is 17.6. The summed E-state index contributed by atoms with van der Waals surface area (Å²) in [6, 6.07) is 8.63. The van der Waals surface area contributed by atoms with Gasteiger partial charge in [0, 0.05) is 32.7 Å². The molecule has 1 aliphatic heterocycles. The lowest BCUT2D eigenvalue weighted by Gasteiger charge is -2.19. The van der Waals surface area contributed by atoms with Crippen LogP contribution in [0.3, 0.4) is 0 Å². The molecule has 166 valence electrons. The SMILES string of the molecule is COc1ccc(S(=O)(=O)N(C)C)cc1NC(=O)c1ccc(OC)c(N2CCNC2=O)c1. The number of sulfonamides is 1. The first-order valence-electron chi connectivity index (χ1n) is 9.34. The van der Waals surface area contributed by atoms with Crippen molar-refractivity contribution in [3.05, 3.63) is 42.0 Å². The summed E-state index contributed by atoms with van der Waals surface area (Å²) in [6.45, 7) is 0.932. The summed E-state index contributed by atoms with van der Waals surface area (Å²) in [5.41, 5.74) is 0.922. The average Bonchev–Trinajstić information content (AvgIpc) is 3.18. The van der Waals surface area contributed by atoms with E-state index in [2.05, 4.69) is 10.6 Å². The van der Waals surface area contributed by atoms with Gasteiger partial charge in [0.1, 0.15) is 11.5 Å². The third-order valence-electron chi connectivity index (χ3n) is 4.79. The molecule has 2 N–H and O–H groups in total. The Hall–Kier alpha value is -3.31. The van der Waals surface area contributed by atoms with E-state index in [0.29, 0.717) is 30.3 Å². The number of nitrogens with zero attached hydrogens (tertiary/aromatic N) is 2. The van der Waals surface area contributed by atoms with Gasteiger partial charge in [-0.3, -0.25) is 9.69 Å². The van der Waals surface area contributed by atoms with Crippen LogP contribution < -0.4 is 25.0 Å². The molecule has 0 aromatic heterocycles. The molecule has 1 fully saturated rings. The van der Waals surface area contributed by atoms with E-state index in [0.717, 1.165) is 4.31 Å². The maximum Gasteiger partial charge on any atom is 0.322 e. The molecular formula is C20H24N4O6S. The Bertz CT molecular complexity index is 1120. The van der Waals surface area contributed by atoms with Crippen LogP contribution in [0.15, 0.2) is 41.3 Å². The quantitative estimate of drug-likeness (QED) is 0.666. The summed E-state index contributed by atoms with van der Waals surface area (Å²) < 4.78 is 36.6. The second kappa shape index (κ2) is 8.82. The van der Waals surface area contributed by atoms with Crippen molar-refractivity contribution < 1.29 is 27.5 Å². The highest BCUT2D eigenvalue weighted by Crippen LogP contribution is 2.32. The van der Waals surface area contributed by atoms with Gasteiger partial charge in [-0.1, -0.05) is 0 Å². The van der Waals surface area contributed by atoms with Crippen molar-refractivity contribution >= 4 is 33.3 Å². The molecule has 10 nitrogen and oxygen atoms in total. The largest absolute Gasteiger partial charge is 0.495 e. The third-order valence-corrected chi connectivity index (χ3v) is 6.60. The highest BCUT2D eigenvalue weighted by Gasteiger charge is 2.26. The van der Waals surface area contributed by atoms with Crippen molar-refractivity contribution in [2.45, 2.75) is 4.90 Å². The van der Waals surface area contributed by atoms with Gasteiger partial charge in [-0.25, -0.2) is 17.5 Å². The third kappa shape index (κ3) is 4.42. The molecule has 31 heavy (non-hydrogen) atoms. The van der Waals surface area contributed by atoms with Crippen molar-refractivity contribution in [2.24, 2.45) is 0 Å². The Morgan fingerprint density at radius 3 is 2.35 bits per heavy atom. The molecule has 0 unspecified atom stereocenters. The Labute approximate surface area is 180 Å². The predicted octanol–water partition coefficient (Wildman–Crippen LogP) is 1.74. The van der Waals surface area contributed by atoms with E-state index >= 15 is 0 Å². The number of hydrogen-bond acceptors (Lipinski definition) is 6. The van der Waals surface area contributed by atoms with Crippen LogP contribution in [-0.2, 0) is 10.0 Å². The Kier molecular flexibility index (Phi) is 6.37. The number of benzene rings is 2. The molecule has 1 aliphatic rings. The van der Waals surface area contributed by atoms with E-state index in [1.807, 2.05) is 0 Å². The summed E-state index contributed by atoms with van der Waals surface area (Å²) in [4.78, 5) is 26.5. The molecule has 0 spiro atoms. The molecule has 0 bridgehead atoms. The summed E-state index contributed by atoms with van der Waals surface area (Å²) in [5.74, 6) is 0.255. The molecule has 11 heteroatoms. The summed E-state index contributed by atoms with van der Waals surface area (Å²) in [5, 5.41) is 5.39. The van der Waals surface area contributed by atoms with Crippen LogP contribution in [0.25, 0.3) is 0 Å². The van der Waals surface area contributed by atoms with Gasteiger partial charge < -0.3 is 20.1 Å². The van der Waals surface area contributed by atoms with Crippen molar-refractivity contribution in [3.8, 4) is 11.5 Å². The number of methoxy groups -OCH3 is 2. The molecule has 3 rings (SSSR count). The molecule has 1 heterocycles. The minimum atomic E-state index is -3.70. The topological polar surface area (TPSA) is 117 Å². The van der Waals surface area contributed by atoms with Gasteiger partial charge in [0.05, 0.1) is 30.5 Å². The van der Waals surface area contributed by atoms with E-state index in [9.17, 15) is 18.0 Å². The van der Waals surface area contributed by atoms with E-state index in [1.165, 1.54) is 51.4 Å². The zero-order valence-corrected chi connectivity index (χ0v) is 18.4. The van der Waals surface area contributed by atoms with Gasteiger partial charge in [-0.2, -0.15) is 0 Å². The highest BCUT2D eigenvalue weighted by atomic mass is 32.2. The monoisotopic (exact) mass is 448 g/mol. The molecule has 0 saturated carbocycles. The Morgan fingerprint density at radius 1 is 1.10 bits per heavy atom. The molecule has 3 amide bonds. The first-order valence-corrected chi connectivity index (χ1v) is 10.8. The molecule has 2 aromatic carbocycles. The van der Waals surface area contributed by atoms with Crippen LogP contribution in [0.4, 0.5) is 16.2 Å². The lowest BCUT2D eigenvalue weighted by atomic mass is 10.1. The smallest absolute Gasteiger partial charge is 0.322 e. The minimum absolute atomic E-state index is 0.0118. The summed E-state index contributed by atoms with van der Waals surface area (Å²) in [6.07, 6.45) is 0. The van der Waals surface area contributed by atoms with Crippen LogP contribution in [0.2, 0.25) is 0 Å². The molecule has 0 radical (unpaired) electrons. The van der Waals surface area contributed by atoms with Gasteiger partial charge >= 0.3 is 6.03 Å². The number of urea groups is 1. The molecule has 2 aromatic rings. The van der Waals surface area contributed by atoms with E-state index in [1.54, 1.807) is 18.2 Å². The number of hydrogen-bond donors (Lipinski definition) is 2. The normalized spacial score (nSPS) is 13.8. The molecular weight excluding hydrogens is 424 g/mol. The number of ether oxygens (including phenoxy) is 2. The van der Waals surface area contributed by atoms with Crippen molar-refractivity contribution in [2.75, 3.05) is 51.6 Å². The van der Waals surface area contributed by atoms with E-state index in [4.69, 9.17) is 9.47 Å². The molecule has 1 saturated heterocycles. The summed E-state index contributed by atoms with van der Waals surface area (Å²) >= 11 is 0. The number of carbonyl (C=O) groups is 2. The fourth-order valence-corrected chi connectivity index (χ4v) is 4.02. The second-order valence-corrected chi connectivity index (χ2v) is 9.03. The Morgan fingerprint density at radius 2 is 1.77 bits per heavy atom. The number of anilines is 2. The van der Waals surface area contributed by atoms with Gasteiger partial charge in [0.15, 0.2) is 0 Å². The van der Waals surface area contributed by atoms with Gasteiger partial charge in [-0.15, -0.1) is 0 Å². The minimum Gasteiger partial charge on any atom is -0.495 e. The molecule has 0 aliphatic carbocycles. The van der Waals surface area contributed by atoms with Crippen LogP contribution in [-0.4, -0.2) is 66.1 Å². The number of amides is 3. The lowest BCUT2D eigenvalue weighted by Crippen LogP contribution is -2.28. The lowest BCUT2D eigenvalue weighted by molar-refractivity contribution is 0.102. The number of rotatable bonds is 7. The van der Waals surface area contributed by atoms with Crippen molar-refractivity contribution in [1.82, 2.24) is 9.62 Å². The van der Waals surface area contributed by atoms with Crippen LogP contribution >= 0.6 is 0 Å². The Balaban J connectivity index is 1.95.